The van der Waals surface area contributed by atoms with E-state index in [1.54, 1.807) is 36.6 Å². The van der Waals surface area contributed by atoms with Crippen LogP contribution in [0.3, 0.4) is 0 Å². The van der Waals surface area contributed by atoms with Crippen molar-refractivity contribution in [3.05, 3.63) is 57.5 Å². The molecule has 0 spiro atoms. The largest absolute Gasteiger partial charge is 0.496 e. The Morgan fingerprint density at radius 3 is 2.74 bits per heavy atom. The van der Waals surface area contributed by atoms with Crippen LogP contribution in [0.4, 0.5) is 0 Å². The van der Waals surface area contributed by atoms with Gasteiger partial charge in [0.1, 0.15) is 5.75 Å². The van der Waals surface area contributed by atoms with E-state index in [1.807, 2.05) is 24.3 Å². The summed E-state index contributed by atoms with van der Waals surface area (Å²) in [4.78, 5) is 28.6. The first-order valence-electron chi connectivity index (χ1n) is 8.43. The third-order valence-electron chi connectivity index (χ3n) is 3.95. The molecule has 2 aromatic carbocycles. The molecule has 0 N–H and O–H groups in total. The molecule has 3 rings (SSSR count). The Hall–Kier alpha value is -2.25. The van der Waals surface area contributed by atoms with E-state index in [0.717, 1.165) is 15.2 Å². The van der Waals surface area contributed by atoms with Crippen molar-refractivity contribution in [3.63, 3.8) is 0 Å². The van der Waals surface area contributed by atoms with Crippen LogP contribution in [0.25, 0.3) is 10.2 Å². The summed E-state index contributed by atoms with van der Waals surface area (Å²) in [5.41, 5.74) is 1.45. The summed E-state index contributed by atoms with van der Waals surface area (Å²) in [6.45, 7) is -0.265. The van der Waals surface area contributed by atoms with E-state index >= 15 is 0 Å². The molecule has 0 fully saturated rings. The molecular weight excluding hydrogens is 430 g/mol. The van der Waals surface area contributed by atoms with Crippen molar-refractivity contribution < 1.29 is 19.1 Å². The highest BCUT2D eigenvalue weighted by atomic mass is 79.9. The van der Waals surface area contributed by atoms with Crippen molar-refractivity contribution in [1.29, 1.82) is 0 Å². The van der Waals surface area contributed by atoms with Gasteiger partial charge in [0, 0.05) is 12.0 Å². The van der Waals surface area contributed by atoms with E-state index in [1.165, 1.54) is 0 Å². The molecule has 0 bridgehead atoms. The van der Waals surface area contributed by atoms with E-state index in [-0.39, 0.29) is 24.8 Å². The molecule has 1 heterocycles. The Bertz CT molecular complexity index is 937. The molecule has 0 atom stereocenters. The van der Waals surface area contributed by atoms with Crippen molar-refractivity contribution in [1.82, 2.24) is 4.98 Å². The van der Waals surface area contributed by atoms with Crippen molar-refractivity contribution >= 4 is 49.2 Å². The maximum absolute atomic E-state index is 12.1. The number of Topliss-reactive ketones (excluding diaryl/α,β-unsaturated/α-hetero) is 1. The van der Waals surface area contributed by atoms with Gasteiger partial charge in [-0.25, -0.2) is 4.98 Å². The van der Waals surface area contributed by atoms with Crippen molar-refractivity contribution in [2.45, 2.75) is 19.3 Å². The number of benzene rings is 2. The van der Waals surface area contributed by atoms with Crippen LogP contribution in [-0.2, 0) is 16.0 Å². The molecule has 0 unspecified atom stereocenters. The predicted octanol–water partition coefficient (Wildman–Crippen LogP) is 4.82. The Labute approximate surface area is 169 Å². The number of carbonyl (C=O) groups is 2. The number of aromatic nitrogens is 1. The zero-order chi connectivity index (χ0) is 19.2. The predicted molar refractivity (Wildman–Crippen MR) is 109 cm³/mol. The van der Waals surface area contributed by atoms with Gasteiger partial charge in [0.05, 0.1) is 26.8 Å². The highest BCUT2D eigenvalue weighted by molar-refractivity contribution is 9.10. The number of methoxy groups -OCH3 is 1. The molecule has 0 radical (unpaired) electrons. The van der Waals surface area contributed by atoms with Gasteiger partial charge in [-0.05, 0) is 59.1 Å². The molecule has 0 saturated heterocycles. The summed E-state index contributed by atoms with van der Waals surface area (Å²) in [5, 5.41) is 1.00. The lowest BCUT2D eigenvalue weighted by Gasteiger charge is -2.07. The fourth-order valence-electron chi connectivity index (χ4n) is 2.55. The van der Waals surface area contributed by atoms with E-state index in [2.05, 4.69) is 20.9 Å². The Morgan fingerprint density at radius 1 is 1.19 bits per heavy atom. The number of hydrogen-bond acceptors (Lipinski definition) is 6. The van der Waals surface area contributed by atoms with Crippen LogP contribution in [0.15, 0.2) is 46.9 Å². The number of thiazole rings is 1. The molecular formula is C20H18BrNO4S. The van der Waals surface area contributed by atoms with Crippen LogP contribution in [0.5, 0.6) is 5.75 Å². The van der Waals surface area contributed by atoms with Crippen molar-refractivity contribution in [3.8, 4) is 5.75 Å². The van der Waals surface area contributed by atoms with Gasteiger partial charge in [0.2, 0.25) is 0 Å². The number of ketones is 1. The first-order valence-corrected chi connectivity index (χ1v) is 10.0. The summed E-state index contributed by atoms with van der Waals surface area (Å²) in [6.07, 6.45) is 1.62. The fourth-order valence-corrected chi connectivity index (χ4v) is 4.10. The quantitative estimate of drug-likeness (QED) is 0.365. The molecule has 3 aromatic rings. The number of fused-ring (bicyclic) bond motifs is 1. The lowest BCUT2D eigenvalue weighted by atomic mass is 10.1. The first-order chi connectivity index (χ1) is 13.1. The molecule has 1 aromatic heterocycles. The van der Waals surface area contributed by atoms with Gasteiger partial charge < -0.3 is 9.47 Å². The minimum Gasteiger partial charge on any atom is -0.496 e. The third-order valence-corrected chi connectivity index (χ3v) is 5.66. The number of carbonyl (C=O) groups excluding carboxylic acids is 2. The van der Waals surface area contributed by atoms with Gasteiger partial charge in [-0.2, -0.15) is 0 Å². The second-order valence-corrected chi connectivity index (χ2v) is 7.83. The smallest absolute Gasteiger partial charge is 0.306 e. The summed E-state index contributed by atoms with van der Waals surface area (Å²) < 4.78 is 12.1. The van der Waals surface area contributed by atoms with E-state index in [4.69, 9.17) is 9.47 Å². The summed E-state index contributed by atoms with van der Waals surface area (Å²) >= 11 is 4.97. The van der Waals surface area contributed by atoms with Crippen molar-refractivity contribution in [2.75, 3.05) is 13.7 Å². The maximum Gasteiger partial charge on any atom is 0.306 e. The van der Waals surface area contributed by atoms with Crippen LogP contribution in [0.1, 0.15) is 28.2 Å². The minimum atomic E-state index is -0.378. The lowest BCUT2D eigenvalue weighted by Crippen LogP contribution is -2.14. The van der Waals surface area contributed by atoms with Crippen LogP contribution in [-0.4, -0.2) is 30.5 Å². The van der Waals surface area contributed by atoms with Crippen LogP contribution in [0.2, 0.25) is 0 Å². The number of halogens is 1. The van der Waals surface area contributed by atoms with Gasteiger partial charge in [-0.1, -0.05) is 12.1 Å². The van der Waals surface area contributed by atoms with E-state index in [0.29, 0.717) is 28.6 Å². The summed E-state index contributed by atoms with van der Waals surface area (Å²) in [6, 6.07) is 13.0. The number of para-hydroxylation sites is 1. The van der Waals surface area contributed by atoms with E-state index < -0.39 is 0 Å². The molecule has 0 aliphatic carbocycles. The minimum absolute atomic E-state index is 0.252. The lowest BCUT2D eigenvalue weighted by molar-refractivity contribution is -0.142. The normalized spacial score (nSPS) is 10.7. The topological polar surface area (TPSA) is 65.5 Å². The van der Waals surface area contributed by atoms with Gasteiger partial charge >= 0.3 is 5.97 Å². The molecule has 5 nitrogen and oxygen atoms in total. The monoisotopic (exact) mass is 447 g/mol. The van der Waals surface area contributed by atoms with Crippen molar-refractivity contribution in [2.24, 2.45) is 0 Å². The van der Waals surface area contributed by atoms with Gasteiger partial charge in [-0.15, -0.1) is 11.3 Å². The number of esters is 1. The summed E-state index contributed by atoms with van der Waals surface area (Å²) in [7, 11) is 1.55. The average Bonchev–Trinajstić information content (AvgIpc) is 3.08. The second kappa shape index (κ2) is 9.10. The maximum atomic E-state index is 12.1. The number of hydrogen-bond donors (Lipinski definition) is 0. The fraction of sp³-hybridized carbons (Fsp3) is 0.250. The SMILES string of the molecule is COc1ccc(C(=O)COC(=O)CCCc2nc3ccccc3s2)cc1Br. The van der Waals surface area contributed by atoms with Gasteiger partial charge in [0.15, 0.2) is 12.4 Å². The first kappa shape index (κ1) is 19.5. The number of nitrogens with zero attached hydrogens (tertiary/aromatic N) is 1. The molecule has 0 amide bonds. The molecule has 0 aliphatic rings. The van der Waals surface area contributed by atoms with Crippen LogP contribution in [0, 0.1) is 0 Å². The van der Waals surface area contributed by atoms with Crippen LogP contribution >= 0.6 is 27.3 Å². The Morgan fingerprint density at radius 2 is 2.00 bits per heavy atom. The molecule has 140 valence electrons. The highest BCUT2D eigenvalue weighted by Crippen LogP contribution is 2.26. The van der Waals surface area contributed by atoms with E-state index in [9.17, 15) is 9.59 Å². The molecule has 0 saturated carbocycles. The number of ether oxygens (including phenoxy) is 2. The molecule has 0 aliphatic heterocycles. The number of rotatable bonds is 8. The second-order valence-electron chi connectivity index (χ2n) is 5.86. The third kappa shape index (κ3) is 5.14. The van der Waals surface area contributed by atoms with Gasteiger partial charge in [0.25, 0.3) is 0 Å². The molecule has 27 heavy (non-hydrogen) atoms. The Kier molecular flexibility index (Phi) is 6.58. The highest BCUT2D eigenvalue weighted by Gasteiger charge is 2.12. The zero-order valence-corrected chi connectivity index (χ0v) is 17.1. The Balaban J connectivity index is 1.44. The van der Waals surface area contributed by atoms with Gasteiger partial charge in [-0.3, -0.25) is 9.59 Å². The number of aryl methyl sites for hydroxylation is 1. The standard InChI is InChI=1S/C20H18BrNO4S/c1-25-17-10-9-13(11-14(17)21)16(23)12-26-20(24)8-4-7-19-22-15-5-2-3-6-18(15)27-19/h2-3,5-6,9-11H,4,7-8,12H2,1H3. The summed E-state index contributed by atoms with van der Waals surface area (Å²) in [5.74, 6) is 0.00769. The molecule has 7 heteroatoms. The zero-order valence-electron chi connectivity index (χ0n) is 14.7. The average molecular weight is 448 g/mol. The van der Waals surface area contributed by atoms with Crippen LogP contribution < -0.4 is 4.74 Å².